The molecule has 1 aromatic heterocycles. The van der Waals surface area contributed by atoms with Gasteiger partial charge in [-0.1, -0.05) is 26.0 Å². The number of halogens is 3. The van der Waals surface area contributed by atoms with Gasteiger partial charge < -0.3 is 9.84 Å². The zero-order chi connectivity index (χ0) is 25.0. The number of nitrogens with zero attached hydrogens (tertiary/aromatic N) is 1. The number of Topliss-reactive ketones (excluding diaryl/α,β-unsaturated/α-hetero) is 1. The normalized spacial score (nSPS) is 12.7. The van der Waals surface area contributed by atoms with Crippen molar-refractivity contribution in [2.45, 2.75) is 58.7 Å². The zero-order valence-corrected chi connectivity index (χ0v) is 20.4. The monoisotopic (exact) mass is 491 g/mol. The van der Waals surface area contributed by atoms with Crippen LogP contribution in [0.5, 0.6) is 5.75 Å². The summed E-state index contributed by atoms with van der Waals surface area (Å²) >= 11 is 1.42. The number of aliphatic hydroxyl groups excluding tert-OH is 1. The van der Waals surface area contributed by atoms with Gasteiger partial charge in [0.2, 0.25) is 0 Å². The summed E-state index contributed by atoms with van der Waals surface area (Å²) in [4.78, 5) is 18.5. The predicted octanol–water partition coefficient (Wildman–Crippen LogP) is 6.84. The number of ketones is 1. The molecule has 3 rings (SSSR count). The lowest BCUT2D eigenvalue weighted by Gasteiger charge is -2.14. The van der Waals surface area contributed by atoms with Crippen molar-refractivity contribution in [3.05, 3.63) is 69.7 Å². The van der Waals surface area contributed by atoms with E-state index in [1.807, 2.05) is 20.8 Å². The average molecular weight is 492 g/mol. The van der Waals surface area contributed by atoms with Crippen LogP contribution in [0, 0.1) is 6.92 Å². The van der Waals surface area contributed by atoms with Crippen LogP contribution >= 0.6 is 11.3 Å². The molecular formula is C26H28F3NO3S. The number of hydrogen-bond acceptors (Lipinski definition) is 5. The van der Waals surface area contributed by atoms with Gasteiger partial charge >= 0.3 is 6.18 Å². The smallest absolute Gasteiger partial charge is 0.416 e. The SMILES string of the molecule is Cc1cc(C(=O)CCc2sc(-c3ccc(C(F)(F)F)cc3)nc2C(C)C)ccc1OC(C)CO. The van der Waals surface area contributed by atoms with Crippen molar-refractivity contribution in [1.29, 1.82) is 0 Å². The van der Waals surface area contributed by atoms with E-state index in [1.54, 1.807) is 25.1 Å². The van der Waals surface area contributed by atoms with Crippen molar-refractivity contribution in [3.63, 3.8) is 0 Å². The van der Waals surface area contributed by atoms with Gasteiger partial charge in [0.25, 0.3) is 0 Å². The molecule has 3 aromatic rings. The van der Waals surface area contributed by atoms with Crippen LogP contribution in [0.25, 0.3) is 10.6 Å². The Morgan fingerprint density at radius 2 is 1.79 bits per heavy atom. The molecule has 0 fully saturated rings. The molecule has 2 aromatic carbocycles. The number of carbonyl (C=O) groups excluding carboxylic acids is 1. The highest BCUT2D eigenvalue weighted by Gasteiger charge is 2.30. The van der Waals surface area contributed by atoms with E-state index in [2.05, 4.69) is 4.98 Å². The molecule has 8 heteroatoms. The summed E-state index contributed by atoms with van der Waals surface area (Å²) in [7, 11) is 0. The first-order valence-corrected chi connectivity index (χ1v) is 11.9. The highest BCUT2D eigenvalue weighted by molar-refractivity contribution is 7.15. The molecule has 0 spiro atoms. The minimum absolute atomic E-state index is 0.0101. The van der Waals surface area contributed by atoms with Crippen molar-refractivity contribution in [1.82, 2.24) is 4.98 Å². The molecule has 0 aliphatic rings. The maximum atomic E-state index is 12.9. The van der Waals surface area contributed by atoms with Crippen LogP contribution in [0.15, 0.2) is 42.5 Å². The molecule has 0 radical (unpaired) electrons. The van der Waals surface area contributed by atoms with E-state index in [0.29, 0.717) is 34.7 Å². The molecule has 0 amide bonds. The summed E-state index contributed by atoms with van der Waals surface area (Å²) in [6.45, 7) is 7.53. The minimum Gasteiger partial charge on any atom is -0.488 e. The van der Waals surface area contributed by atoms with E-state index in [4.69, 9.17) is 9.84 Å². The Morgan fingerprint density at radius 3 is 2.35 bits per heavy atom. The lowest BCUT2D eigenvalue weighted by atomic mass is 10.0. The van der Waals surface area contributed by atoms with E-state index < -0.39 is 11.7 Å². The number of aliphatic hydroxyl groups is 1. The van der Waals surface area contributed by atoms with Crippen molar-refractivity contribution in [3.8, 4) is 16.3 Å². The Bertz CT molecular complexity index is 1140. The van der Waals surface area contributed by atoms with E-state index in [1.165, 1.54) is 23.5 Å². The quantitative estimate of drug-likeness (QED) is 0.333. The average Bonchev–Trinajstić information content (AvgIpc) is 3.23. The van der Waals surface area contributed by atoms with Crippen molar-refractivity contribution < 1.29 is 27.8 Å². The number of hydrogen-bond donors (Lipinski definition) is 1. The van der Waals surface area contributed by atoms with Crippen LogP contribution in [0.3, 0.4) is 0 Å². The van der Waals surface area contributed by atoms with Gasteiger partial charge in [-0.3, -0.25) is 4.79 Å². The van der Waals surface area contributed by atoms with Crippen molar-refractivity contribution in [2.75, 3.05) is 6.61 Å². The van der Waals surface area contributed by atoms with Gasteiger partial charge in [0.1, 0.15) is 16.9 Å². The third kappa shape index (κ3) is 6.24. The topological polar surface area (TPSA) is 59.4 Å². The van der Waals surface area contributed by atoms with Crippen LogP contribution in [0.4, 0.5) is 13.2 Å². The van der Waals surface area contributed by atoms with Crippen LogP contribution < -0.4 is 4.74 Å². The molecule has 0 bridgehead atoms. The summed E-state index contributed by atoms with van der Waals surface area (Å²) in [5.74, 6) is 0.740. The Morgan fingerprint density at radius 1 is 1.12 bits per heavy atom. The summed E-state index contributed by atoms with van der Waals surface area (Å²) in [5, 5.41) is 9.81. The van der Waals surface area contributed by atoms with Gasteiger partial charge in [-0.15, -0.1) is 11.3 Å². The molecule has 0 saturated heterocycles. The van der Waals surface area contributed by atoms with Gasteiger partial charge in [0.15, 0.2) is 5.78 Å². The first-order chi connectivity index (χ1) is 16.0. The Hall–Kier alpha value is -2.71. The summed E-state index contributed by atoms with van der Waals surface area (Å²) < 4.78 is 44.2. The highest BCUT2D eigenvalue weighted by atomic mass is 32.1. The summed E-state index contributed by atoms with van der Waals surface area (Å²) in [6, 6.07) is 10.2. The third-order valence-electron chi connectivity index (χ3n) is 5.39. The number of benzene rings is 2. The molecule has 4 nitrogen and oxygen atoms in total. The van der Waals surface area contributed by atoms with E-state index in [9.17, 15) is 18.0 Å². The lowest BCUT2D eigenvalue weighted by Crippen LogP contribution is -2.16. The largest absolute Gasteiger partial charge is 0.488 e. The van der Waals surface area contributed by atoms with Crippen LogP contribution in [-0.2, 0) is 12.6 Å². The number of ether oxygens (including phenoxy) is 1. The van der Waals surface area contributed by atoms with Gasteiger partial charge in [-0.25, -0.2) is 4.98 Å². The van der Waals surface area contributed by atoms with E-state index in [-0.39, 0.29) is 24.4 Å². The van der Waals surface area contributed by atoms with Gasteiger partial charge in [-0.05, 0) is 62.1 Å². The van der Waals surface area contributed by atoms with Gasteiger partial charge in [0, 0.05) is 22.4 Å². The fourth-order valence-electron chi connectivity index (χ4n) is 3.50. The van der Waals surface area contributed by atoms with Gasteiger partial charge in [0.05, 0.1) is 17.9 Å². The second-order valence-corrected chi connectivity index (χ2v) is 9.66. The number of aryl methyl sites for hydroxylation is 2. The van der Waals surface area contributed by atoms with Gasteiger partial charge in [-0.2, -0.15) is 13.2 Å². The Labute approximate surface area is 201 Å². The standard InChI is InChI=1S/C26H28F3NO3S/c1-15(2)24-23(34-25(30-24)18-5-8-20(9-6-18)26(27,28)29)12-10-21(32)19-7-11-22(16(3)13-19)33-17(4)14-31/h5-9,11,13,15,17,31H,10,12,14H2,1-4H3. The highest BCUT2D eigenvalue weighted by Crippen LogP contribution is 2.35. The number of aromatic nitrogens is 1. The second-order valence-electron chi connectivity index (χ2n) is 8.57. The molecular weight excluding hydrogens is 463 g/mol. The fraction of sp³-hybridized carbons (Fsp3) is 0.385. The van der Waals surface area contributed by atoms with E-state index >= 15 is 0 Å². The molecule has 182 valence electrons. The minimum atomic E-state index is -4.38. The zero-order valence-electron chi connectivity index (χ0n) is 19.6. The molecule has 34 heavy (non-hydrogen) atoms. The van der Waals surface area contributed by atoms with Crippen LogP contribution in [-0.4, -0.2) is 28.6 Å². The first kappa shape index (κ1) is 25.9. The maximum Gasteiger partial charge on any atom is 0.416 e. The molecule has 1 unspecified atom stereocenters. The second kappa shape index (κ2) is 10.7. The molecule has 1 heterocycles. The molecule has 0 aliphatic carbocycles. The first-order valence-electron chi connectivity index (χ1n) is 11.1. The molecule has 0 saturated carbocycles. The number of thiazole rings is 1. The number of carbonyl (C=O) groups is 1. The van der Waals surface area contributed by atoms with E-state index in [0.717, 1.165) is 28.3 Å². The number of alkyl halides is 3. The lowest BCUT2D eigenvalue weighted by molar-refractivity contribution is -0.137. The maximum absolute atomic E-state index is 12.9. The molecule has 0 aliphatic heterocycles. The van der Waals surface area contributed by atoms with Crippen molar-refractivity contribution in [2.24, 2.45) is 0 Å². The third-order valence-corrected chi connectivity index (χ3v) is 6.57. The molecule has 1 atom stereocenters. The number of rotatable bonds is 9. The van der Waals surface area contributed by atoms with Crippen molar-refractivity contribution >= 4 is 17.1 Å². The summed E-state index contributed by atoms with van der Waals surface area (Å²) in [6.07, 6.45) is -3.92. The van der Waals surface area contributed by atoms with Crippen LogP contribution in [0.1, 0.15) is 65.2 Å². The Balaban J connectivity index is 1.75. The Kier molecular flexibility index (Phi) is 8.15. The molecule has 1 N–H and O–H groups in total. The van der Waals surface area contributed by atoms with Crippen LogP contribution in [0.2, 0.25) is 0 Å². The summed E-state index contributed by atoms with van der Waals surface area (Å²) in [5.41, 5.74) is 2.20. The predicted molar refractivity (Wildman–Crippen MR) is 128 cm³/mol. The fourth-order valence-corrected chi connectivity index (χ4v) is 4.72.